The molecule has 2 aliphatic heterocycles. The van der Waals surface area contributed by atoms with Crippen LogP contribution in [0.25, 0.3) is 11.1 Å². The van der Waals surface area contributed by atoms with E-state index in [1.54, 1.807) is 0 Å². The van der Waals surface area contributed by atoms with Crippen molar-refractivity contribution in [2.24, 2.45) is 11.8 Å². The van der Waals surface area contributed by atoms with Crippen LogP contribution in [0, 0.1) is 11.8 Å². The minimum atomic E-state index is -0.528. The van der Waals surface area contributed by atoms with Gasteiger partial charge in [-0.3, -0.25) is 0 Å². The Morgan fingerprint density at radius 3 is 1.69 bits per heavy atom. The molecular formula is C45H62O6. The van der Waals surface area contributed by atoms with Crippen molar-refractivity contribution in [3.8, 4) is 16.9 Å². The van der Waals surface area contributed by atoms with Crippen LogP contribution in [0.15, 0.2) is 72.8 Å². The average Bonchev–Trinajstić information content (AvgIpc) is 3.16. The number of hydrogen-bond acceptors (Lipinski definition) is 6. The Balaban J connectivity index is 1.19. The van der Waals surface area contributed by atoms with Gasteiger partial charge in [-0.1, -0.05) is 145 Å². The van der Waals surface area contributed by atoms with Gasteiger partial charge in [0, 0.05) is 23.0 Å². The van der Waals surface area contributed by atoms with Gasteiger partial charge in [0.25, 0.3) is 0 Å². The molecule has 3 aromatic rings. The molecule has 278 valence electrons. The highest BCUT2D eigenvalue weighted by molar-refractivity contribution is 5.98. The van der Waals surface area contributed by atoms with Gasteiger partial charge < -0.3 is 23.7 Å². The molecule has 0 saturated carbocycles. The van der Waals surface area contributed by atoms with Gasteiger partial charge in [-0.15, -0.1) is 0 Å². The molecule has 6 atom stereocenters. The zero-order valence-electron chi connectivity index (χ0n) is 31.7. The molecule has 0 radical (unpaired) electrons. The first-order valence-electron chi connectivity index (χ1n) is 20.0. The summed E-state index contributed by atoms with van der Waals surface area (Å²) in [4.78, 5) is 13.8. The summed E-state index contributed by atoms with van der Waals surface area (Å²) in [6.07, 6.45) is 17.0. The lowest BCUT2D eigenvalue weighted by Crippen LogP contribution is -2.34. The van der Waals surface area contributed by atoms with E-state index < -0.39 is 18.5 Å². The Labute approximate surface area is 307 Å². The second-order valence-electron chi connectivity index (χ2n) is 14.8. The molecule has 3 aromatic carbocycles. The van der Waals surface area contributed by atoms with Gasteiger partial charge in [-0.25, -0.2) is 4.79 Å². The normalized spacial score (nSPS) is 23.6. The summed E-state index contributed by atoms with van der Waals surface area (Å²) in [5.41, 5.74) is 3.96. The van der Waals surface area contributed by atoms with Crippen LogP contribution in [0.5, 0.6) is 5.75 Å². The SMILES string of the molecule is CCCCCCCCCC1COC(c2ccc(-c3ccccc3)c(C(=O)Oc3ccc(C4OCC(CCCCCCC)C(C)O4)cc3)c2)OC1C. The fraction of sp³-hybridized carbons (Fsp3) is 0.578. The van der Waals surface area contributed by atoms with Gasteiger partial charge >= 0.3 is 5.97 Å². The lowest BCUT2D eigenvalue weighted by atomic mass is 9.94. The van der Waals surface area contributed by atoms with E-state index >= 15 is 0 Å². The van der Waals surface area contributed by atoms with Crippen molar-refractivity contribution in [2.45, 2.75) is 142 Å². The van der Waals surface area contributed by atoms with Crippen molar-refractivity contribution in [3.05, 3.63) is 89.5 Å². The van der Waals surface area contributed by atoms with Gasteiger partial charge in [0.2, 0.25) is 0 Å². The summed E-state index contributed by atoms with van der Waals surface area (Å²) in [7, 11) is 0. The van der Waals surface area contributed by atoms with Crippen molar-refractivity contribution in [1.82, 2.24) is 0 Å². The first kappa shape index (κ1) is 39.2. The van der Waals surface area contributed by atoms with Crippen molar-refractivity contribution in [1.29, 1.82) is 0 Å². The lowest BCUT2D eigenvalue weighted by Gasteiger charge is -2.35. The molecule has 0 N–H and O–H groups in total. The van der Waals surface area contributed by atoms with Crippen LogP contribution in [-0.2, 0) is 18.9 Å². The van der Waals surface area contributed by atoms with Crippen LogP contribution in [-0.4, -0.2) is 31.4 Å². The van der Waals surface area contributed by atoms with E-state index in [9.17, 15) is 4.79 Å². The first-order valence-corrected chi connectivity index (χ1v) is 20.0. The van der Waals surface area contributed by atoms with Gasteiger partial charge in [-0.05, 0) is 56.0 Å². The minimum absolute atomic E-state index is 0.0769. The van der Waals surface area contributed by atoms with E-state index in [1.807, 2.05) is 72.8 Å². The maximum atomic E-state index is 13.8. The molecule has 2 aliphatic rings. The van der Waals surface area contributed by atoms with Crippen LogP contribution in [0.3, 0.4) is 0 Å². The highest BCUT2D eigenvalue weighted by Crippen LogP contribution is 2.36. The zero-order valence-corrected chi connectivity index (χ0v) is 31.7. The fourth-order valence-electron chi connectivity index (χ4n) is 7.34. The Morgan fingerprint density at radius 2 is 1.14 bits per heavy atom. The number of unbranched alkanes of at least 4 members (excludes halogenated alkanes) is 10. The van der Waals surface area contributed by atoms with Gasteiger partial charge in [-0.2, -0.15) is 0 Å². The van der Waals surface area contributed by atoms with Gasteiger partial charge in [0.05, 0.1) is 31.0 Å². The molecule has 2 saturated heterocycles. The second kappa shape index (κ2) is 20.9. The number of esters is 1. The molecule has 6 nitrogen and oxygen atoms in total. The van der Waals surface area contributed by atoms with Crippen LogP contribution >= 0.6 is 0 Å². The summed E-state index contributed by atoms with van der Waals surface area (Å²) >= 11 is 0. The molecule has 0 spiro atoms. The van der Waals surface area contributed by atoms with Crippen molar-refractivity contribution in [2.75, 3.05) is 13.2 Å². The monoisotopic (exact) mass is 698 g/mol. The highest BCUT2D eigenvalue weighted by atomic mass is 16.7. The summed E-state index contributed by atoms with van der Waals surface area (Å²) in [6, 6.07) is 23.3. The summed E-state index contributed by atoms with van der Waals surface area (Å²) in [5.74, 6) is 0.836. The zero-order chi connectivity index (χ0) is 35.8. The third-order valence-electron chi connectivity index (χ3n) is 10.8. The van der Waals surface area contributed by atoms with Crippen LogP contribution in [0.1, 0.15) is 152 Å². The molecule has 0 bridgehead atoms. The summed E-state index contributed by atoms with van der Waals surface area (Å²) in [5, 5.41) is 0. The number of benzene rings is 3. The Morgan fingerprint density at radius 1 is 0.627 bits per heavy atom. The molecular weight excluding hydrogens is 636 g/mol. The number of ether oxygens (including phenoxy) is 5. The first-order chi connectivity index (χ1) is 25.0. The number of hydrogen-bond donors (Lipinski definition) is 0. The Kier molecular flexibility index (Phi) is 16.0. The van der Waals surface area contributed by atoms with E-state index in [2.05, 4.69) is 27.7 Å². The molecule has 0 amide bonds. The molecule has 5 rings (SSSR count). The predicted octanol–water partition coefficient (Wildman–Crippen LogP) is 12.2. The number of rotatable bonds is 19. The standard InChI is InChI=1S/C45H62O6/c1-5-7-9-11-12-14-17-23-39-32-48-45(50-34(39)4)37-26-29-41(35-20-18-15-19-21-35)42(30-37)43(46)51-40-27-24-36(25-28-40)44-47-31-38(33(3)49-44)22-16-13-10-8-6-2/h15,18-21,24-30,33-34,38-39,44-45H,5-14,16-17,22-23,31-32H2,1-4H3. The third kappa shape index (κ3) is 11.7. The summed E-state index contributed by atoms with van der Waals surface area (Å²) in [6.45, 7) is 10.2. The maximum absolute atomic E-state index is 13.8. The molecule has 6 heteroatoms. The maximum Gasteiger partial charge on any atom is 0.344 e. The average molecular weight is 699 g/mol. The lowest BCUT2D eigenvalue weighted by molar-refractivity contribution is -0.237. The van der Waals surface area contributed by atoms with Crippen molar-refractivity contribution < 1.29 is 28.5 Å². The van der Waals surface area contributed by atoms with Crippen molar-refractivity contribution in [3.63, 3.8) is 0 Å². The largest absolute Gasteiger partial charge is 0.423 e. The van der Waals surface area contributed by atoms with Crippen LogP contribution in [0.4, 0.5) is 0 Å². The van der Waals surface area contributed by atoms with Crippen LogP contribution < -0.4 is 4.74 Å². The molecule has 0 aromatic heterocycles. The van der Waals surface area contributed by atoms with Gasteiger partial charge in [0.1, 0.15) is 5.75 Å². The molecule has 0 aliphatic carbocycles. The minimum Gasteiger partial charge on any atom is -0.423 e. The van der Waals surface area contributed by atoms with E-state index in [0.29, 0.717) is 36.4 Å². The van der Waals surface area contributed by atoms with Crippen molar-refractivity contribution >= 4 is 5.97 Å². The molecule has 51 heavy (non-hydrogen) atoms. The van der Waals surface area contributed by atoms with Crippen LogP contribution in [0.2, 0.25) is 0 Å². The second-order valence-corrected chi connectivity index (χ2v) is 14.8. The smallest absolute Gasteiger partial charge is 0.344 e. The van der Waals surface area contributed by atoms with E-state index in [4.69, 9.17) is 23.7 Å². The van der Waals surface area contributed by atoms with E-state index in [-0.39, 0.29) is 12.2 Å². The topological polar surface area (TPSA) is 63.2 Å². The third-order valence-corrected chi connectivity index (χ3v) is 10.8. The predicted molar refractivity (Wildman–Crippen MR) is 205 cm³/mol. The summed E-state index contributed by atoms with van der Waals surface area (Å²) < 4.78 is 31.1. The quantitative estimate of drug-likeness (QED) is 0.0705. The Bertz CT molecular complexity index is 1440. The number of carbonyl (C=O) groups is 1. The Hall–Kier alpha value is -3.03. The highest BCUT2D eigenvalue weighted by Gasteiger charge is 2.31. The van der Waals surface area contributed by atoms with Gasteiger partial charge in [0.15, 0.2) is 12.6 Å². The fourth-order valence-corrected chi connectivity index (χ4v) is 7.34. The van der Waals surface area contributed by atoms with E-state index in [1.165, 1.54) is 77.0 Å². The molecule has 2 fully saturated rings. The van der Waals surface area contributed by atoms with E-state index in [0.717, 1.165) is 35.1 Å². The molecule has 2 heterocycles. The molecule has 6 unspecified atom stereocenters. The number of carbonyl (C=O) groups excluding carboxylic acids is 1.